The molecule has 0 aliphatic rings. The smallest absolute Gasteiger partial charge is 0.140 e. The molecule has 0 spiro atoms. The third kappa shape index (κ3) is 2.48. The van der Waals surface area contributed by atoms with Crippen LogP contribution in [-0.2, 0) is 7.05 Å². The molecule has 0 saturated carbocycles. The second-order valence-corrected chi connectivity index (χ2v) is 4.12. The maximum Gasteiger partial charge on any atom is 0.140 e. The van der Waals surface area contributed by atoms with Gasteiger partial charge in [-0.2, -0.15) is 5.10 Å². The zero-order valence-corrected chi connectivity index (χ0v) is 9.03. The number of aromatic nitrogens is 3. The molecule has 78 valence electrons. The molecule has 2 rings (SSSR count). The monoisotopic (exact) mass is 221 g/mol. The Labute approximate surface area is 91.7 Å². The summed E-state index contributed by atoms with van der Waals surface area (Å²) >= 11 is 1.62. The van der Waals surface area contributed by atoms with E-state index in [0.717, 1.165) is 9.79 Å². The molecule has 2 heterocycles. The molecule has 0 amide bonds. The van der Waals surface area contributed by atoms with Gasteiger partial charge in [-0.15, -0.1) is 0 Å². The molecular weight excluding hydrogens is 210 g/mol. The van der Waals surface area contributed by atoms with Gasteiger partial charge >= 0.3 is 0 Å². The summed E-state index contributed by atoms with van der Waals surface area (Å²) in [6, 6.07) is 3.82. The van der Waals surface area contributed by atoms with Crippen molar-refractivity contribution in [1.82, 2.24) is 14.8 Å². The fraction of sp³-hybridized carbons (Fsp3) is 0.111. The first-order valence-electron chi connectivity index (χ1n) is 4.37. The highest BCUT2D eigenvalue weighted by atomic mass is 32.2. The third-order valence-corrected chi connectivity index (χ3v) is 2.73. The highest BCUT2D eigenvalue weighted by molar-refractivity contribution is 7.99. The van der Waals surface area contributed by atoms with Crippen molar-refractivity contribution in [3.8, 4) is 0 Å². The van der Waals surface area contributed by atoms with Gasteiger partial charge in [-0.3, -0.25) is 4.68 Å². The first kappa shape index (κ1) is 10.0. The van der Waals surface area contributed by atoms with Crippen molar-refractivity contribution in [2.45, 2.75) is 9.79 Å². The molecule has 5 nitrogen and oxygen atoms in total. The molecule has 2 aromatic heterocycles. The van der Waals surface area contributed by atoms with E-state index in [1.807, 2.05) is 31.6 Å². The van der Waals surface area contributed by atoms with Gasteiger partial charge in [-0.25, -0.2) is 10.8 Å². The molecule has 0 unspecified atom stereocenters. The quantitative estimate of drug-likeness (QED) is 0.603. The number of nitrogens with one attached hydrogen (secondary N) is 1. The molecule has 0 fully saturated rings. The van der Waals surface area contributed by atoms with Gasteiger partial charge in [0.05, 0.1) is 11.1 Å². The summed E-state index contributed by atoms with van der Waals surface area (Å²) < 4.78 is 1.77. The van der Waals surface area contributed by atoms with Gasteiger partial charge < -0.3 is 5.43 Å². The Morgan fingerprint density at radius 1 is 1.47 bits per heavy atom. The van der Waals surface area contributed by atoms with Crippen LogP contribution in [0.4, 0.5) is 5.82 Å². The second kappa shape index (κ2) is 4.33. The molecule has 0 aliphatic heterocycles. The van der Waals surface area contributed by atoms with Gasteiger partial charge in [0.15, 0.2) is 0 Å². The number of nitrogens with two attached hydrogens (primary N) is 1. The van der Waals surface area contributed by atoms with Crippen molar-refractivity contribution in [3.63, 3.8) is 0 Å². The number of pyridine rings is 1. The van der Waals surface area contributed by atoms with E-state index < -0.39 is 0 Å². The van der Waals surface area contributed by atoms with Gasteiger partial charge in [-0.05, 0) is 12.1 Å². The van der Waals surface area contributed by atoms with Gasteiger partial charge in [-0.1, -0.05) is 11.8 Å². The first-order valence-corrected chi connectivity index (χ1v) is 5.19. The summed E-state index contributed by atoms with van der Waals surface area (Å²) in [5, 5.41) is 4.10. The topological polar surface area (TPSA) is 68.8 Å². The van der Waals surface area contributed by atoms with E-state index in [4.69, 9.17) is 5.84 Å². The summed E-state index contributed by atoms with van der Waals surface area (Å²) in [5.41, 5.74) is 2.51. The number of rotatable bonds is 3. The van der Waals surface area contributed by atoms with Crippen LogP contribution in [0.25, 0.3) is 0 Å². The number of hydrogen-bond acceptors (Lipinski definition) is 5. The second-order valence-electron chi connectivity index (χ2n) is 2.97. The third-order valence-electron chi connectivity index (χ3n) is 1.80. The number of hydrazine groups is 1. The number of nitrogen functional groups attached to an aromatic ring is 1. The molecule has 2 aromatic rings. The number of hydrogen-bond donors (Lipinski definition) is 2. The van der Waals surface area contributed by atoms with Crippen molar-refractivity contribution in [1.29, 1.82) is 0 Å². The molecule has 0 aliphatic carbocycles. The van der Waals surface area contributed by atoms with E-state index in [-0.39, 0.29) is 0 Å². The molecule has 3 N–H and O–H groups in total. The molecule has 15 heavy (non-hydrogen) atoms. The Morgan fingerprint density at radius 2 is 2.33 bits per heavy atom. The van der Waals surface area contributed by atoms with Crippen LogP contribution in [0.1, 0.15) is 0 Å². The van der Waals surface area contributed by atoms with E-state index in [1.165, 1.54) is 0 Å². The maximum absolute atomic E-state index is 5.28. The average Bonchev–Trinajstić information content (AvgIpc) is 2.64. The molecule has 0 radical (unpaired) electrons. The minimum absolute atomic E-state index is 0.656. The molecule has 0 aromatic carbocycles. The minimum Gasteiger partial charge on any atom is -0.308 e. The minimum atomic E-state index is 0.656. The molecule has 0 atom stereocenters. The van der Waals surface area contributed by atoms with Crippen LogP contribution in [0, 0.1) is 0 Å². The molecule has 0 bridgehead atoms. The van der Waals surface area contributed by atoms with Crippen LogP contribution in [-0.4, -0.2) is 14.8 Å². The number of nitrogens with zero attached hydrogens (tertiary/aromatic N) is 3. The summed E-state index contributed by atoms with van der Waals surface area (Å²) in [6.45, 7) is 0. The Balaban J connectivity index is 2.16. The Morgan fingerprint density at radius 3 is 3.00 bits per heavy atom. The predicted molar refractivity (Wildman–Crippen MR) is 59.4 cm³/mol. The van der Waals surface area contributed by atoms with Crippen molar-refractivity contribution < 1.29 is 0 Å². The Hall–Kier alpha value is -1.53. The lowest BCUT2D eigenvalue weighted by molar-refractivity contribution is 0.766. The summed E-state index contributed by atoms with van der Waals surface area (Å²) in [7, 11) is 1.89. The fourth-order valence-corrected chi connectivity index (χ4v) is 2.02. The van der Waals surface area contributed by atoms with Gasteiger partial charge in [0, 0.05) is 24.3 Å². The van der Waals surface area contributed by atoms with Crippen molar-refractivity contribution in [3.05, 3.63) is 30.7 Å². The Kier molecular flexibility index (Phi) is 2.89. The van der Waals surface area contributed by atoms with E-state index in [1.54, 1.807) is 22.6 Å². The lowest BCUT2D eigenvalue weighted by Gasteiger charge is -2.01. The first-order chi connectivity index (χ1) is 7.28. The van der Waals surface area contributed by atoms with Crippen LogP contribution in [0.2, 0.25) is 0 Å². The predicted octanol–water partition coefficient (Wildman–Crippen LogP) is 1.25. The lowest BCUT2D eigenvalue weighted by atomic mass is 10.5. The average molecular weight is 221 g/mol. The van der Waals surface area contributed by atoms with Crippen LogP contribution < -0.4 is 11.3 Å². The highest BCUT2D eigenvalue weighted by Gasteiger charge is 2.00. The summed E-state index contributed by atoms with van der Waals surface area (Å²) in [6.07, 6.45) is 5.50. The van der Waals surface area contributed by atoms with Crippen LogP contribution in [0.3, 0.4) is 0 Å². The zero-order chi connectivity index (χ0) is 10.7. The number of aryl methyl sites for hydroxylation is 1. The standard InChI is InChI=1S/C9H11N5S/c1-14-6-8(5-12-14)15-7-2-3-11-9(4-7)13-10/h2-6H,10H2,1H3,(H,11,13). The summed E-state index contributed by atoms with van der Waals surface area (Å²) in [5.74, 6) is 5.93. The van der Waals surface area contributed by atoms with Crippen molar-refractivity contribution in [2.75, 3.05) is 5.43 Å². The summed E-state index contributed by atoms with van der Waals surface area (Å²) in [4.78, 5) is 6.20. The van der Waals surface area contributed by atoms with E-state index in [2.05, 4.69) is 15.5 Å². The molecule has 6 heteroatoms. The van der Waals surface area contributed by atoms with Gasteiger partial charge in [0.2, 0.25) is 0 Å². The lowest BCUT2D eigenvalue weighted by Crippen LogP contribution is -2.07. The Bertz CT molecular complexity index is 453. The maximum atomic E-state index is 5.28. The zero-order valence-electron chi connectivity index (χ0n) is 8.21. The van der Waals surface area contributed by atoms with E-state index in [0.29, 0.717) is 5.82 Å². The normalized spacial score (nSPS) is 10.3. The van der Waals surface area contributed by atoms with Crippen LogP contribution >= 0.6 is 11.8 Å². The van der Waals surface area contributed by atoms with Crippen LogP contribution in [0.5, 0.6) is 0 Å². The molecular formula is C9H11N5S. The SMILES string of the molecule is Cn1cc(Sc2ccnc(NN)c2)cn1. The number of anilines is 1. The van der Waals surface area contributed by atoms with E-state index in [9.17, 15) is 0 Å². The van der Waals surface area contributed by atoms with Crippen LogP contribution in [0.15, 0.2) is 40.5 Å². The van der Waals surface area contributed by atoms with E-state index >= 15 is 0 Å². The van der Waals surface area contributed by atoms with Gasteiger partial charge in [0.1, 0.15) is 5.82 Å². The van der Waals surface area contributed by atoms with Crippen molar-refractivity contribution in [2.24, 2.45) is 12.9 Å². The van der Waals surface area contributed by atoms with Gasteiger partial charge in [0.25, 0.3) is 0 Å². The van der Waals surface area contributed by atoms with Crippen molar-refractivity contribution >= 4 is 17.6 Å². The fourth-order valence-electron chi connectivity index (χ4n) is 1.14. The molecule has 0 saturated heterocycles. The largest absolute Gasteiger partial charge is 0.308 e. The highest BCUT2D eigenvalue weighted by Crippen LogP contribution is 2.27.